The predicted octanol–water partition coefficient (Wildman–Crippen LogP) is -0.286. The molecule has 0 radical (unpaired) electrons. The quantitative estimate of drug-likeness (QED) is 0.237. The van der Waals surface area contributed by atoms with Crippen LogP contribution in [0, 0.1) is 0 Å². The molecule has 11 nitrogen and oxygen atoms in total. The number of aliphatic hydroxyl groups excluding tert-OH is 6. The summed E-state index contributed by atoms with van der Waals surface area (Å²) in [4.78, 5) is 0. The highest BCUT2D eigenvalue weighted by molar-refractivity contribution is 5.55. The van der Waals surface area contributed by atoms with Gasteiger partial charge in [0.2, 0.25) is 6.29 Å². The summed E-state index contributed by atoms with van der Waals surface area (Å²) in [6, 6.07) is 8.29. The van der Waals surface area contributed by atoms with Crippen LogP contribution in [0.25, 0.3) is 0 Å². The van der Waals surface area contributed by atoms with Gasteiger partial charge < -0.3 is 54.7 Å². The number of aromatic hydroxyl groups is 1. The molecule has 11 heteroatoms. The number of benzene rings is 2. The predicted molar refractivity (Wildman–Crippen MR) is 124 cm³/mol. The van der Waals surface area contributed by atoms with E-state index in [0.29, 0.717) is 24.0 Å². The molecule has 36 heavy (non-hydrogen) atoms. The van der Waals surface area contributed by atoms with Gasteiger partial charge in [-0.1, -0.05) is 12.1 Å². The van der Waals surface area contributed by atoms with E-state index in [1.54, 1.807) is 24.3 Å². The van der Waals surface area contributed by atoms with E-state index in [-0.39, 0.29) is 36.2 Å². The summed E-state index contributed by atoms with van der Waals surface area (Å²) < 4.78 is 22.6. The SMILES string of the molecule is COc1cc([C@@H]2Oc3c(O)cc(CCCO)cc3[C@H]2CO)ccc1O[C@H]1O[C@@H](CO)[C@@H](O)[C@@H](O)[C@@H]1O. The molecule has 198 valence electrons. The molecule has 2 heterocycles. The standard InChI is InChI=1S/C25H32O11/c1-33-18-9-13(4-5-17(18)34-25-22(32)21(31)20(30)19(11-28)35-25)23-15(10-27)14-7-12(3-2-6-26)8-16(29)24(14)36-23/h4-5,7-9,15,19-23,25-32H,2-3,6,10-11H2,1H3/t15-,19+,20-,21-,22+,23+,25+/m1/s1. The second-order valence-electron chi connectivity index (χ2n) is 8.91. The Hall–Kier alpha value is -2.64. The number of aryl methyl sites for hydroxylation is 1. The van der Waals surface area contributed by atoms with Gasteiger partial charge in [-0.3, -0.25) is 0 Å². The smallest absolute Gasteiger partial charge is 0.229 e. The Morgan fingerprint density at radius 2 is 1.69 bits per heavy atom. The molecule has 0 spiro atoms. The molecule has 7 N–H and O–H groups in total. The Kier molecular flexibility index (Phi) is 8.20. The minimum Gasteiger partial charge on any atom is -0.504 e. The van der Waals surface area contributed by atoms with E-state index in [1.165, 1.54) is 7.11 Å². The fourth-order valence-corrected chi connectivity index (χ4v) is 4.64. The molecule has 2 aliphatic rings. The van der Waals surface area contributed by atoms with Gasteiger partial charge in [0, 0.05) is 12.2 Å². The van der Waals surface area contributed by atoms with Gasteiger partial charge in [0.15, 0.2) is 23.0 Å². The van der Waals surface area contributed by atoms with Crippen LogP contribution < -0.4 is 14.2 Å². The Labute approximate surface area is 207 Å². The third kappa shape index (κ3) is 4.96. The first kappa shape index (κ1) is 26.4. The van der Waals surface area contributed by atoms with Crippen LogP contribution in [0.3, 0.4) is 0 Å². The van der Waals surface area contributed by atoms with Crippen LogP contribution in [0.5, 0.6) is 23.0 Å². The van der Waals surface area contributed by atoms with Gasteiger partial charge in [0.1, 0.15) is 30.5 Å². The molecule has 2 aromatic rings. The van der Waals surface area contributed by atoms with Crippen LogP contribution in [-0.4, -0.2) is 93.4 Å². The van der Waals surface area contributed by atoms with Gasteiger partial charge in [0.05, 0.1) is 26.2 Å². The van der Waals surface area contributed by atoms with Gasteiger partial charge in [0.25, 0.3) is 0 Å². The fourth-order valence-electron chi connectivity index (χ4n) is 4.64. The minimum atomic E-state index is -1.59. The topological polar surface area (TPSA) is 179 Å². The molecular formula is C25H32O11. The van der Waals surface area contributed by atoms with Crippen molar-refractivity contribution in [2.45, 2.75) is 55.6 Å². The van der Waals surface area contributed by atoms with Crippen molar-refractivity contribution >= 4 is 0 Å². The van der Waals surface area contributed by atoms with E-state index >= 15 is 0 Å². The minimum absolute atomic E-state index is 0.0255. The molecule has 0 amide bonds. The molecule has 4 rings (SSSR count). The van der Waals surface area contributed by atoms with Crippen molar-refractivity contribution in [2.75, 3.05) is 26.9 Å². The van der Waals surface area contributed by atoms with Crippen LogP contribution in [0.15, 0.2) is 30.3 Å². The Morgan fingerprint density at radius 1 is 0.917 bits per heavy atom. The molecule has 0 saturated carbocycles. The van der Waals surface area contributed by atoms with E-state index in [9.17, 15) is 30.6 Å². The highest BCUT2D eigenvalue weighted by Gasteiger charge is 2.45. The summed E-state index contributed by atoms with van der Waals surface area (Å²) in [5, 5.41) is 69.4. The van der Waals surface area contributed by atoms with Crippen molar-refractivity contribution in [3.8, 4) is 23.0 Å². The summed E-state index contributed by atoms with van der Waals surface area (Å²) in [6.07, 6.45) is -6.71. The number of rotatable bonds is 9. The molecule has 2 aliphatic heterocycles. The third-order valence-electron chi connectivity index (χ3n) is 6.60. The number of fused-ring (bicyclic) bond motifs is 1. The monoisotopic (exact) mass is 508 g/mol. The number of phenols is 1. The first-order valence-corrected chi connectivity index (χ1v) is 11.7. The molecular weight excluding hydrogens is 476 g/mol. The van der Waals surface area contributed by atoms with E-state index in [1.807, 2.05) is 6.07 Å². The van der Waals surface area contributed by atoms with Crippen molar-refractivity contribution in [1.29, 1.82) is 0 Å². The number of methoxy groups -OCH3 is 1. The van der Waals surface area contributed by atoms with Crippen molar-refractivity contribution < 1.29 is 54.7 Å². The van der Waals surface area contributed by atoms with Gasteiger partial charge in [-0.05, 0) is 42.2 Å². The summed E-state index contributed by atoms with van der Waals surface area (Å²) in [7, 11) is 1.41. The van der Waals surface area contributed by atoms with Crippen LogP contribution in [0.4, 0.5) is 0 Å². The van der Waals surface area contributed by atoms with E-state index in [4.69, 9.17) is 24.1 Å². The third-order valence-corrected chi connectivity index (χ3v) is 6.60. The number of hydrogen-bond donors (Lipinski definition) is 7. The molecule has 1 fully saturated rings. The van der Waals surface area contributed by atoms with Gasteiger partial charge in [-0.2, -0.15) is 0 Å². The Balaban J connectivity index is 1.58. The fraction of sp³-hybridized carbons (Fsp3) is 0.520. The van der Waals surface area contributed by atoms with E-state index < -0.39 is 49.3 Å². The average molecular weight is 509 g/mol. The lowest BCUT2D eigenvalue weighted by molar-refractivity contribution is -0.277. The molecule has 0 aromatic heterocycles. The second-order valence-corrected chi connectivity index (χ2v) is 8.91. The van der Waals surface area contributed by atoms with Crippen molar-refractivity contribution in [3.05, 3.63) is 47.0 Å². The van der Waals surface area contributed by atoms with Gasteiger partial charge in [-0.25, -0.2) is 0 Å². The highest BCUT2D eigenvalue weighted by Crippen LogP contribution is 2.51. The summed E-state index contributed by atoms with van der Waals surface area (Å²) in [6.45, 7) is -0.804. The number of ether oxygens (including phenoxy) is 4. The zero-order chi connectivity index (χ0) is 26.0. The average Bonchev–Trinajstić information content (AvgIpc) is 3.27. The Morgan fingerprint density at radius 3 is 2.36 bits per heavy atom. The first-order valence-electron chi connectivity index (χ1n) is 11.7. The molecule has 0 bridgehead atoms. The van der Waals surface area contributed by atoms with E-state index in [2.05, 4.69) is 0 Å². The number of hydrogen-bond acceptors (Lipinski definition) is 11. The van der Waals surface area contributed by atoms with Gasteiger partial charge >= 0.3 is 0 Å². The summed E-state index contributed by atoms with van der Waals surface area (Å²) >= 11 is 0. The van der Waals surface area contributed by atoms with Crippen molar-refractivity contribution in [2.24, 2.45) is 0 Å². The lowest BCUT2D eigenvalue weighted by Gasteiger charge is -2.39. The summed E-state index contributed by atoms with van der Waals surface area (Å²) in [5.74, 6) is 0.176. The lowest BCUT2D eigenvalue weighted by Crippen LogP contribution is -2.60. The maximum atomic E-state index is 10.5. The van der Waals surface area contributed by atoms with Crippen molar-refractivity contribution in [3.63, 3.8) is 0 Å². The van der Waals surface area contributed by atoms with Gasteiger partial charge in [-0.15, -0.1) is 0 Å². The van der Waals surface area contributed by atoms with Crippen LogP contribution in [0.1, 0.15) is 35.1 Å². The lowest BCUT2D eigenvalue weighted by atomic mass is 9.90. The first-order chi connectivity index (χ1) is 17.3. The zero-order valence-corrected chi connectivity index (χ0v) is 19.7. The molecule has 7 atom stereocenters. The number of phenolic OH excluding ortho intramolecular Hbond substituents is 1. The maximum absolute atomic E-state index is 10.5. The molecule has 0 aliphatic carbocycles. The normalized spacial score (nSPS) is 29.5. The molecule has 2 aromatic carbocycles. The largest absolute Gasteiger partial charge is 0.504 e. The molecule has 1 saturated heterocycles. The Bertz CT molecular complexity index is 1040. The maximum Gasteiger partial charge on any atom is 0.229 e. The van der Waals surface area contributed by atoms with Crippen LogP contribution >= 0.6 is 0 Å². The zero-order valence-electron chi connectivity index (χ0n) is 19.7. The van der Waals surface area contributed by atoms with E-state index in [0.717, 1.165) is 5.56 Å². The van der Waals surface area contributed by atoms with Crippen LogP contribution in [0.2, 0.25) is 0 Å². The molecule has 0 unspecified atom stereocenters. The summed E-state index contributed by atoms with van der Waals surface area (Å²) in [5.41, 5.74) is 2.11. The second kappa shape index (κ2) is 11.2. The number of aliphatic hydroxyl groups is 6. The highest BCUT2D eigenvalue weighted by atomic mass is 16.7. The van der Waals surface area contributed by atoms with Crippen LogP contribution in [-0.2, 0) is 11.2 Å². The van der Waals surface area contributed by atoms with Crippen molar-refractivity contribution in [1.82, 2.24) is 0 Å².